The van der Waals surface area contributed by atoms with E-state index in [0.29, 0.717) is 13.0 Å². The van der Waals surface area contributed by atoms with E-state index < -0.39 is 16.0 Å². The van der Waals surface area contributed by atoms with E-state index >= 15 is 0 Å². The van der Waals surface area contributed by atoms with Crippen molar-refractivity contribution < 1.29 is 17.9 Å². The molecule has 3 rings (SSSR count). The van der Waals surface area contributed by atoms with Crippen molar-refractivity contribution in [2.45, 2.75) is 17.9 Å². The Bertz CT molecular complexity index is 1010. The second kappa shape index (κ2) is 8.86. The van der Waals surface area contributed by atoms with E-state index in [2.05, 4.69) is 9.72 Å². The Kier molecular flexibility index (Phi) is 6.28. The summed E-state index contributed by atoms with van der Waals surface area (Å²) >= 11 is 0. The van der Waals surface area contributed by atoms with Crippen LogP contribution in [-0.4, -0.2) is 37.3 Å². The molecule has 0 fully saturated rings. The molecule has 1 aromatic heterocycles. The summed E-state index contributed by atoms with van der Waals surface area (Å²) in [6.45, 7) is 0.564. The Hall–Kier alpha value is -2.90. The molecular formula is C21H22N2O4S. The van der Waals surface area contributed by atoms with Crippen LogP contribution in [0.5, 0.6) is 0 Å². The highest BCUT2D eigenvalue weighted by Gasteiger charge is 2.26. The highest BCUT2D eigenvalue weighted by atomic mass is 32.2. The molecule has 2 aromatic carbocycles. The van der Waals surface area contributed by atoms with E-state index in [0.717, 1.165) is 11.1 Å². The maximum Gasteiger partial charge on any atom is 0.354 e. The molecule has 0 radical (unpaired) electrons. The average molecular weight is 398 g/mol. The van der Waals surface area contributed by atoms with Crippen LogP contribution in [0, 0.1) is 0 Å². The summed E-state index contributed by atoms with van der Waals surface area (Å²) < 4.78 is 32.5. The van der Waals surface area contributed by atoms with Gasteiger partial charge in [-0.3, -0.25) is 0 Å². The molecule has 1 heterocycles. The normalized spacial score (nSPS) is 11.5. The lowest BCUT2D eigenvalue weighted by atomic mass is 10.1. The fourth-order valence-corrected chi connectivity index (χ4v) is 4.29. The number of nitrogens with one attached hydrogen (secondary N) is 1. The number of methoxy groups -OCH3 is 1. The summed E-state index contributed by atoms with van der Waals surface area (Å²) in [6.07, 6.45) is 1.91. The van der Waals surface area contributed by atoms with Gasteiger partial charge in [0.2, 0.25) is 10.0 Å². The first-order chi connectivity index (χ1) is 13.5. The molecule has 146 valence electrons. The number of hydrogen-bond donors (Lipinski definition) is 1. The maximum absolute atomic E-state index is 13.2. The van der Waals surface area contributed by atoms with E-state index in [4.69, 9.17) is 0 Å². The van der Waals surface area contributed by atoms with E-state index in [1.165, 1.54) is 23.7 Å². The summed E-state index contributed by atoms with van der Waals surface area (Å²) in [7, 11) is -2.55. The minimum atomic E-state index is -3.80. The number of carbonyl (C=O) groups excluding carboxylic acids is 1. The van der Waals surface area contributed by atoms with Gasteiger partial charge in [0, 0.05) is 19.3 Å². The van der Waals surface area contributed by atoms with Gasteiger partial charge in [0.1, 0.15) is 10.6 Å². The Morgan fingerprint density at radius 1 is 1.00 bits per heavy atom. The van der Waals surface area contributed by atoms with Crippen molar-refractivity contribution in [2.75, 3.05) is 13.7 Å². The molecule has 0 atom stereocenters. The zero-order valence-electron chi connectivity index (χ0n) is 15.5. The number of H-pyrrole nitrogens is 1. The zero-order chi connectivity index (χ0) is 20.0. The van der Waals surface area contributed by atoms with Gasteiger partial charge >= 0.3 is 5.97 Å². The molecule has 0 saturated heterocycles. The molecule has 0 aliphatic carbocycles. The lowest BCUT2D eigenvalue weighted by Crippen LogP contribution is -2.32. The summed E-state index contributed by atoms with van der Waals surface area (Å²) in [5, 5.41) is 0. The molecule has 0 spiro atoms. The molecule has 28 heavy (non-hydrogen) atoms. The van der Waals surface area contributed by atoms with Crippen molar-refractivity contribution in [2.24, 2.45) is 0 Å². The molecule has 3 aromatic rings. The lowest BCUT2D eigenvalue weighted by molar-refractivity contribution is 0.0594. The highest BCUT2D eigenvalue weighted by molar-refractivity contribution is 7.89. The third-order valence-corrected chi connectivity index (χ3v) is 6.22. The number of ether oxygens (including phenoxy) is 1. The van der Waals surface area contributed by atoms with Crippen LogP contribution in [0.25, 0.3) is 0 Å². The highest BCUT2D eigenvalue weighted by Crippen LogP contribution is 2.20. The number of rotatable bonds is 8. The average Bonchev–Trinajstić information content (AvgIpc) is 3.23. The predicted octanol–water partition coefficient (Wildman–Crippen LogP) is 3.23. The molecule has 0 unspecified atom stereocenters. The van der Waals surface area contributed by atoms with Gasteiger partial charge in [-0.25, -0.2) is 13.2 Å². The van der Waals surface area contributed by atoms with Gasteiger partial charge < -0.3 is 9.72 Å². The molecule has 7 heteroatoms. The van der Waals surface area contributed by atoms with Gasteiger partial charge in [-0.05, 0) is 23.6 Å². The summed E-state index contributed by atoms with van der Waals surface area (Å²) in [5.41, 5.74) is 2.05. The summed E-state index contributed by atoms with van der Waals surface area (Å²) in [4.78, 5) is 14.4. The quantitative estimate of drug-likeness (QED) is 0.591. The van der Waals surface area contributed by atoms with Crippen LogP contribution in [0.4, 0.5) is 0 Å². The SMILES string of the molecule is COC(=O)c1cc(S(=O)(=O)N(CCc2ccccc2)Cc2ccccc2)c[nH]1. The summed E-state index contributed by atoms with van der Waals surface area (Å²) in [6, 6.07) is 20.5. The van der Waals surface area contributed by atoms with E-state index in [1.54, 1.807) is 0 Å². The Morgan fingerprint density at radius 3 is 2.21 bits per heavy atom. The van der Waals surface area contributed by atoms with Crippen LogP contribution in [0.1, 0.15) is 21.6 Å². The zero-order valence-corrected chi connectivity index (χ0v) is 16.4. The molecular weight excluding hydrogens is 376 g/mol. The van der Waals surface area contributed by atoms with Gasteiger partial charge in [0.05, 0.1) is 7.11 Å². The Morgan fingerprint density at radius 2 is 1.61 bits per heavy atom. The standard InChI is InChI=1S/C21H22N2O4S/c1-27-21(24)20-14-19(15-22-20)28(25,26)23(16-18-10-6-3-7-11-18)13-12-17-8-4-2-5-9-17/h2-11,14-15,22H,12-13,16H2,1H3. The first-order valence-corrected chi connectivity index (χ1v) is 10.3. The van der Waals surface area contributed by atoms with Crippen LogP contribution in [-0.2, 0) is 27.7 Å². The Labute approximate surface area is 164 Å². The van der Waals surface area contributed by atoms with Crippen molar-refractivity contribution in [3.8, 4) is 0 Å². The maximum atomic E-state index is 13.2. The first-order valence-electron chi connectivity index (χ1n) is 8.85. The number of carbonyl (C=O) groups is 1. The van der Waals surface area contributed by atoms with Crippen molar-refractivity contribution in [1.82, 2.24) is 9.29 Å². The topological polar surface area (TPSA) is 79.5 Å². The number of esters is 1. The second-order valence-corrected chi connectivity index (χ2v) is 8.24. The van der Waals surface area contributed by atoms with Gasteiger partial charge in [-0.15, -0.1) is 0 Å². The van der Waals surface area contributed by atoms with E-state index in [-0.39, 0.29) is 17.1 Å². The van der Waals surface area contributed by atoms with Crippen LogP contribution < -0.4 is 0 Å². The largest absolute Gasteiger partial charge is 0.464 e. The molecule has 0 amide bonds. The van der Waals surface area contributed by atoms with Crippen molar-refractivity contribution in [3.05, 3.63) is 89.7 Å². The lowest BCUT2D eigenvalue weighted by Gasteiger charge is -2.22. The molecule has 0 saturated carbocycles. The molecule has 1 N–H and O–H groups in total. The number of hydrogen-bond acceptors (Lipinski definition) is 4. The number of sulfonamides is 1. The minimum absolute atomic E-state index is 0.0388. The van der Waals surface area contributed by atoms with Crippen LogP contribution >= 0.6 is 0 Å². The molecule has 0 aliphatic rings. The van der Waals surface area contributed by atoms with Crippen molar-refractivity contribution >= 4 is 16.0 Å². The van der Waals surface area contributed by atoms with Gasteiger partial charge in [-0.2, -0.15) is 4.31 Å². The number of benzene rings is 2. The number of aromatic nitrogens is 1. The van der Waals surface area contributed by atoms with E-state index in [1.807, 2.05) is 60.7 Å². The molecule has 0 aliphatic heterocycles. The third kappa shape index (κ3) is 4.68. The van der Waals surface area contributed by atoms with Gasteiger partial charge in [0.25, 0.3) is 0 Å². The van der Waals surface area contributed by atoms with Gasteiger partial charge in [-0.1, -0.05) is 60.7 Å². The molecule has 6 nitrogen and oxygen atoms in total. The summed E-state index contributed by atoms with van der Waals surface area (Å²) in [5.74, 6) is -0.611. The number of aromatic amines is 1. The van der Waals surface area contributed by atoms with Crippen LogP contribution in [0.3, 0.4) is 0 Å². The Balaban J connectivity index is 1.87. The fraction of sp³-hybridized carbons (Fsp3) is 0.190. The first kappa shape index (κ1) is 19.9. The third-order valence-electron chi connectivity index (χ3n) is 4.39. The minimum Gasteiger partial charge on any atom is -0.464 e. The monoisotopic (exact) mass is 398 g/mol. The number of nitrogens with zero attached hydrogens (tertiary/aromatic N) is 1. The van der Waals surface area contributed by atoms with Gasteiger partial charge in [0.15, 0.2) is 0 Å². The van der Waals surface area contributed by atoms with E-state index in [9.17, 15) is 13.2 Å². The van der Waals surface area contributed by atoms with Crippen molar-refractivity contribution in [3.63, 3.8) is 0 Å². The second-order valence-electron chi connectivity index (χ2n) is 6.30. The van der Waals surface area contributed by atoms with Crippen LogP contribution in [0.2, 0.25) is 0 Å². The predicted molar refractivity (Wildman–Crippen MR) is 106 cm³/mol. The fourth-order valence-electron chi connectivity index (χ4n) is 2.87. The smallest absolute Gasteiger partial charge is 0.354 e. The van der Waals surface area contributed by atoms with Crippen LogP contribution in [0.15, 0.2) is 77.8 Å². The van der Waals surface area contributed by atoms with Crippen molar-refractivity contribution in [1.29, 1.82) is 0 Å². The molecule has 0 bridgehead atoms.